The highest BCUT2D eigenvalue weighted by molar-refractivity contribution is 7.80. The smallest absolute Gasteiger partial charge is 0.173 e. The van der Waals surface area contributed by atoms with Gasteiger partial charge in [-0.1, -0.05) is 66.7 Å². The maximum absolute atomic E-state index is 6.17. The minimum absolute atomic E-state index is 0.332. The second kappa shape index (κ2) is 10.2. The molecule has 0 aliphatic carbocycles. The summed E-state index contributed by atoms with van der Waals surface area (Å²) in [6.45, 7) is 0.333. The molecule has 154 valence electrons. The number of hydrogen-bond acceptors (Lipinski definition) is 5. The predicted octanol–water partition coefficient (Wildman–Crippen LogP) is 5.22. The van der Waals surface area contributed by atoms with E-state index in [2.05, 4.69) is 12.6 Å². The van der Waals surface area contributed by atoms with Crippen LogP contribution in [-0.4, -0.2) is 30.4 Å². The highest BCUT2D eigenvalue weighted by atomic mass is 32.1. The Hall–Kier alpha value is -2.89. The molecule has 3 aromatic carbocycles. The van der Waals surface area contributed by atoms with E-state index in [4.69, 9.17) is 18.9 Å². The van der Waals surface area contributed by atoms with Crippen molar-refractivity contribution in [3.63, 3.8) is 0 Å². The van der Waals surface area contributed by atoms with Crippen LogP contribution in [0.2, 0.25) is 0 Å². The Kier molecular flexibility index (Phi) is 6.95. The van der Waals surface area contributed by atoms with Gasteiger partial charge in [-0.05, 0) is 35.9 Å². The highest BCUT2D eigenvalue weighted by Crippen LogP contribution is 2.31. The lowest BCUT2D eigenvalue weighted by atomic mass is 10.1. The van der Waals surface area contributed by atoms with Crippen LogP contribution in [0.15, 0.2) is 97.3 Å². The average molecular weight is 421 g/mol. The molecule has 4 unspecified atom stereocenters. The fourth-order valence-electron chi connectivity index (χ4n) is 3.26. The average Bonchev–Trinajstić information content (AvgIpc) is 3.09. The summed E-state index contributed by atoms with van der Waals surface area (Å²) in [4.78, 5) is 0. The topological polar surface area (TPSA) is 36.9 Å². The van der Waals surface area contributed by atoms with E-state index in [1.807, 2.05) is 97.1 Å². The van der Waals surface area contributed by atoms with E-state index in [1.54, 1.807) is 6.26 Å². The number of ether oxygens (including phenoxy) is 4. The van der Waals surface area contributed by atoms with E-state index in [0.717, 1.165) is 17.1 Å². The van der Waals surface area contributed by atoms with Gasteiger partial charge in [-0.25, -0.2) is 0 Å². The Morgan fingerprint density at radius 2 is 1.37 bits per heavy atom. The van der Waals surface area contributed by atoms with Gasteiger partial charge >= 0.3 is 0 Å². The molecule has 3 aromatic rings. The second-order valence-corrected chi connectivity index (χ2v) is 7.41. The number of hydrogen-bond donors (Lipinski definition) is 1. The molecule has 0 bridgehead atoms. The summed E-state index contributed by atoms with van der Waals surface area (Å²) in [7, 11) is 0. The van der Waals surface area contributed by atoms with Gasteiger partial charge in [0.05, 0.1) is 6.26 Å². The summed E-state index contributed by atoms with van der Waals surface area (Å²) in [5.74, 6) is 1.53. The molecule has 1 saturated heterocycles. The van der Waals surface area contributed by atoms with Gasteiger partial charge in [0, 0.05) is 0 Å². The van der Waals surface area contributed by atoms with Gasteiger partial charge in [-0.2, -0.15) is 0 Å². The Morgan fingerprint density at radius 1 is 0.767 bits per heavy atom. The van der Waals surface area contributed by atoms with E-state index in [0.29, 0.717) is 6.61 Å². The van der Waals surface area contributed by atoms with Crippen molar-refractivity contribution < 1.29 is 18.9 Å². The van der Waals surface area contributed by atoms with Gasteiger partial charge in [0.1, 0.15) is 29.6 Å². The molecule has 5 heteroatoms. The maximum atomic E-state index is 6.17. The van der Waals surface area contributed by atoms with Gasteiger partial charge in [0.2, 0.25) is 0 Å². The van der Waals surface area contributed by atoms with Crippen LogP contribution in [0.1, 0.15) is 5.56 Å². The third-order valence-electron chi connectivity index (χ3n) is 4.75. The molecule has 4 nitrogen and oxygen atoms in total. The molecule has 0 saturated carbocycles. The van der Waals surface area contributed by atoms with Crippen LogP contribution in [0.4, 0.5) is 0 Å². The molecule has 0 spiro atoms. The van der Waals surface area contributed by atoms with Gasteiger partial charge < -0.3 is 18.9 Å². The zero-order valence-electron chi connectivity index (χ0n) is 16.4. The van der Waals surface area contributed by atoms with Gasteiger partial charge in [-0.3, -0.25) is 0 Å². The molecule has 1 aliphatic heterocycles. The highest BCUT2D eigenvalue weighted by Gasteiger charge is 2.46. The fourth-order valence-corrected chi connectivity index (χ4v) is 3.64. The first-order valence-electron chi connectivity index (χ1n) is 9.90. The Morgan fingerprint density at radius 3 is 2.03 bits per heavy atom. The van der Waals surface area contributed by atoms with Crippen molar-refractivity contribution >= 4 is 18.7 Å². The van der Waals surface area contributed by atoms with Crippen LogP contribution < -0.4 is 9.47 Å². The van der Waals surface area contributed by atoms with Crippen molar-refractivity contribution in [1.82, 2.24) is 0 Å². The van der Waals surface area contributed by atoms with Crippen molar-refractivity contribution in [3.8, 4) is 11.5 Å². The minimum Gasteiger partial charge on any atom is -0.491 e. The molecule has 1 heterocycles. The van der Waals surface area contributed by atoms with Gasteiger partial charge in [-0.15, -0.1) is 12.6 Å². The molecule has 30 heavy (non-hydrogen) atoms. The lowest BCUT2D eigenvalue weighted by molar-refractivity contribution is -0.00678. The predicted molar refractivity (Wildman–Crippen MR) is 121 cm³/mol. The molecule has 1 aliphatic rings. The quantitative estimate of drug-likeness (QED) is 0.400. The normalized spacial score (nSPS) is 23.4. The van der Waals surface area contributed by atoms with Crippen LogP contribution in [0, 0.1) is 0 Å². The van der Waals surface area contributed by atoms with Crippen LogP contribution in [0.3, 0.4) is 0 Å². The first-order chi connectivity index (χ1) is 14.8. The molecule has 0 amide bonds. The van der Waals surface area contributed by atoms with Crippen LogP contribution in [0.5, 0.6) is 11.5 Å². The Balaban J connectivity index is 1.48. The zero-order valence-corrected chi connectivity index (χ0v) is 17.3. The number of rotatable bonds is 8. The first kappa shape index (κ1) is 20.4. The summed E-state index contributed by atoms with van der Waals surface area (Å²) in [6, 6.07) is 29.3. The molecule has 4 atom stereocenters. The van der Waals surface area contributed by atoms with Crippen LogP contribution in [0.25, 0.3) is 6.08 Å². The fraction of sp³-hybridized carbons (Fsp3) is 0.200. The molecule has 0 N–H and O–H groups in total. The Labute approximate surface area is 182 Å². The number of benzene rings is 3. The van der Waals surface area contributed by atoms with E-state index >= 15 is 0 Å². The van der Waals surface area contributed by atoms with Crippen molar-refractivity contribution in [1.29, 1.82) is 0 Å². The van der Waals surface area contributed by atoms with Crippen LogP contribution >= 0.6 is 12.6 Å². The molecule has 0 radical (unpaired) electrons. The summed E-state index contributed by atoms with van der Waals surface area (Å²) < 4.78 is 24.2. The van der Waals surface area contributed by atoms with Crippen molar-refractivity contribution in [2.24, 2.45) is 0 Å². The van der Waals surface area contributed by atoms with E-state index < -0.39 is 5.44 Å². The molecule has 1 fully saturated rings. The van der Waals surface area contributed by atoms with Gasteiger partial charge in [0.25, 0.3) is 0 Å². The third kappa shape index (κ3) is 5.38. The summed E-state index contributed by atoms with van der Waals surface area (Å²) in [6.07, 6.45) is 2.51. The SMILES string of the molecule is SC1OC(COc2ccccc2)C(OC=Cc2ccccc2)C1Oc1ccccc1. The minimum atomic E-state index is -0.440. The molecular weight excluding hydrogens is 396 g/mol. The second-order valence-electron chi connectivity index (χ2n) is 6.90. The van der Waals surface area contributed by atoms with Crippen LogP contribution in [-0.2, 0) is 9.47 Å². The Bertz CT molecular complexity index is 918. The van der Waals surface area contributed by atoms with Crippen molar-refractivity contribution in [2.75, 3.05) is 6.61 Å². The number of thiol groups is 1. The summed E-state index contributed by atoms with van der Waals surface area (Å²) >= 11 is 4.60. The van der Waals surface area contributed by atoms with E-state index in [-0.39, 0.29) is 18.3 Å². The molecular formula is C25H24O4S. The van der Waals surface area contributed by atoms with Crippen molar-refractivity contribution in [2.45, 2.75) is 23.7 Å². The third-order valence-corrected chi connectivity index (χ3v) is 5.17. The number of para-hydroxylation sites is 2. The maximum Gasteiger partial charge on any atom is 0.173 e. The lowest BCUT2D eigenvalue weighted by Gasteiger charge is -2.24. The molecule has 4 rings (SSSR count). The first-order valence-corrected chi connectivity index (χ1v) is 10.4. The summed E-state index contributed by atoms with van der Waals surface area (Å²) in [5.41, 5.74) is 0.612. The van der Waals surface area contributed by atoms with Gasteiger partial charge in [0.15, 0.2) is 12.2 Å². The lowest BCUT2D eigenvalue weighted by Crippen LogP contribution is -2.39. The standard InChI is InChI=1S/C25H24O4S/c30-25-24(28-21-14-8-3-9-15-21)23(26-17-16-19-10-4-1-5-11-19)22(29-25)18-27-20-12-6-2-7-13-20/h1-17,22-25,30H,18H2. The largest absolute Gasteiger partial charge is 0.491 e. The summed E-state index contributed by atoms with van der Waals surface area (Å²) in [5, 5.41) is 0. The van der Waals surface area contributed by atoms with Crippen molar-refractivity contribution in [3.05, 3.63) is 103 Å². The monoisotopic (exact) mass is 420 g/mol. The molecule has 0 aromatic heterocycles. The zero-order chi connectivity index (χ0) is 20.6. The van der Waals surface area contributed by atoms with E-state index in [9.17, 15) is 0 Å². The van der Waals surface area contributed by atoms with E-state index in [1.165, 1.54) is 0 Å².